The Bertz CT molecular complexity index is 1780. The third kappa shape index (κ3) is 7.18. The number of benzene rings is 4. The molecule has 4 aromatic carbocycles. The van der Waals surface area contributed by atoms with Gasteiger partial charge < -0.3 is 38.6 Å². The van der Waals surface area contributed by atoms with E-state index < -0.39 is 11.9 Å². The van der Waals surface area contributed by atoms with Crippen LogP contribution in [0.25, 0.3) is 17.2 Å². The molecule has 1 aliphatic heterocycles. The second kappa shape index (κ2) is 14.4. The molecular formula is C36H34O10. The van der Waals surface area contributed by atoms with Crippen molar-refractivity contribution >= 4 is 18.0 Å². The number of methoxy groups -OCH3 is 2. The number of rotatable bonds is 14. The van der Waals surface area contributed by atoms with Crippen molar-refractivity contribution in [1.29, 1.82) is 0 Å². The van der Waals surface area contributed by atoms with Gasteiger partial charge in [0.15, 0.2) is 11.5 Å². The van der Waals surface area contributed by atoms with Crippen molar-refractivity contribution in [2.45, 2.75) is 26.4 Å². The van der Waals surface area contributed by atoms with Crippen molar-refractivity contribution in [3.63, 3.8) is 0 Å². The van der Waals surface area contributed by atoms with Crippen LogP contribution in [0.1, 0.15) is 40.4 Å². The quantitative estimate of drug-likeness (QED) is 0.143. The molecule has 0 saturated carbocycles. The molecule has 10 heteroatoms. The van der Waals surface area contributed by atoms with Crippen molar-refractivity contribution in [2.24, 2.45) is 0 Å². The molecule has 2 N–H and O–H groups in total. The zero-order chi connectivity index (χ0) is 32.6. The van der Waals surface area contributed by atoms with Crippen molar-refractivity contribution < 1.29 is 48.2 Å². The smallest absolute Gasteiger partial charge is 0.336 e. The molecule has 5 rings (SSSR count). The van der Waals surface area contributed by atoms with Gasteiger partial charge in [0.2, 0.25) is 6.79 Å². The molecule has 0 atom stereocenters. The number of hydrogen-bond donors (Lipinski definition) is 2. The van der Waals surface area contributed by atoms with Crippen LogP contribution in [0, 0.1) is 0 Å². The lowest BCUT2D eigenvalue weighted by atomic mass is 9.94. The highest BCUT2D eigenvalue weighted by molar-refractivity contribution is 5.95. The largest absolute Gasteiger partial charge is 0.497 e. The molecule has 0 amide bonds. The summed E-state index contributed by atoms with van der Waals surface area (Å²) in [6.07, 6.45) is 2.44. The minimum atomic E-state index is -1.11. The SMILES string of the molecule is CCCOc1ccc(-c2ccc(OC)cc2OCc2ccccc2C(=O)O)c(C=C(Cc2cc3c(cc2OC)OCO3)C(=O)O)c1. The van der Waals surface area contributed by atoms with Crippen LogP contribution in [-0.2, 0) is 17.8 Å². The molecule has 46 heavy (non-hydrogen) atoms. The van der Waals surface area contributed by atoms with E-state index in [-0.39, 0.29) is 31.0 Å². The third-order valence-electron chi connectivity index (χ3n) is 7.37. The van der Waals surface area contributed by atoms with E-state index >= 15 is 0 Å². The Hall–Kier alpha value is -5.64. The highest BCUT2D eigenvalue weighted by atomic mass is 16.7. The molecule has 1 heterocycles. The van der Waals surface area contributed by atoms with Crippen LogP contribution in [0.15, 0.2) is 78.4 Å². The van der Waals surface area contributed by atoms with Crippen LogP contribution >= 0.6 is 0 Å². The van der Waals surface area contributed by atoms with E-state index in [0.29, 0.717) is 68.9 Å². The summed E-state index contributed by atoms with van der Waals surface area (Å²) in [5.41, 5.74) is 3.24. The van der Waals surface area contributed by atoms with Gasteiger partial charge in [0.05, 0.1) is 26.4 Å². The number of carboxylic acid groups (broad SMARTS) is 2. The Kier molecular flexibility index (Phi) is 9.97. The Balaban J connectivity index is 1.59. The lowest BCUT2D eigenvalue weighted by Crippen LogP contribution is -2.06. The van der Waals surface area contributed by atoms with Gasteiger partial charge in [-0.1, -0.05) is 25.1 Å². The average molecular weight is 627 g/mol. The maximum atomic E-state index is 12.7. The number of hydrogen-bond acceptors (Lipinski definition) is 8. The van der Waals surface area contributed by atoms with Gasteiger partial charge >= 0.3 is 11.9 Å². The van der Waals surface area contributed by atoms with Crippen molar-refractivity contribution in [1.82, 2.24) is 0 Å². The van der Waals surface area contributed by atoms with Crippen LogP contribution in [0.4, 0.5) is 0 Å². The normalized spacial score (nSPS) is 12.0. The van der Waals surface area contributed by atoms with E-state index in [4.69, 9.17) is 28.4 Å². The molecular weight excluding hydrogens is 592 g/mol. The van der Waals surface area contributed by atoms with Crippen LogP contribution in [0.2, 0.25) is 0 Å². The predicted octanol–water partition coefficient (Wildman–Crippen LogP) is 6.88. The maximum Gasteiger partial charge on any atom is 0.336 e. The summed E-state index contributed by atoms with van der Waals surface area (Å²) in [5.74, 6) is 0.889. The summed E-state index contributed by atoms with van der Waals surface area (Å²) in [6, 6.07) is 20.8. The van der Waals surface area contributed by atoms with Crippen LogP contribution in [0.3, 0.4) is 0 Å². The topological polar surface area (TPSA) is 130 Å². The van der Waals surface area contributed by atoms with Crippen molar-refractivity contribution in [3.8, 4) is 45.6 Å². The first kappa shape index (κ1) is 31.8. The molecule has 0 radical (unpaired) electrons. The first-order valence-electron chi connectivity index (χ1n) is 14.6. The van der Waals surface area contributed by atoms with Gasteiger partial charge in [0.25, 0.3) is 0 Å². The minimum Gasteiger partial charge on any atom is -0.497 e. The van der Waals surface area contributed by atoms with Crippen molar-refractivity contribution in [3.05, 3.63) is 101 Å². The molecule has 0 bridgehead atoms. The third-order valence-corrected chi connectivity index (χ3v) is 7.37. The average Bonchev–Trinajstić information content (AvgIpc) is 3.53. The molecule has 4 aromatic rings. The van der Waals surface area contributed by atoms with Gasteiger partial charge in [-0.15, -0.1) is 0 Å². The second-order valence-corrected chi connectivity index (χ2v) is 10.4. The van der Waals surface area contributed by atoms with Gasteiger partial charge in [-0.05, 0) is 66.1 Å². The number of aromatic carboxylic acids is 1. The Morgan fingerprint density at radius 2 is 1.54 bits per heavy atom. The highest BCUT2D eigenvalue weighted by Gasteiger charge is 2.21. The number of aliphatic carboxylic acids is 1. The zero-order valence-corrected chi connectivity index (χ0v) is 25.7. The Morgan fingerprint density at radius 3 is 2.26 bits per heavy atom. The molecule has 1 aliphatic rings. The van der Waals surface area contributed by atoms with Crippen LogP contribution in [0.5, 0.6) is 34.5 Å². The summed E-state index contributed by atoms with van der Waals surface area (Å²) in [4.78, 5) is 24.5. The fourth-order valence-electron chi connectivity index (χ4n) is 5.07. The maximum absolute atomic E-state index is 12.7. The van der Waals surface area contributed by atoms with Gasteiger partial charge in [-0.25, -0.2) is 9.59 Å². The molecule has 238 valence electrons. The monoisotopic (exact) mass is 626 g/mol. The van der Waals surface area contributed by atoms with Crippen LogP contribution in [-0.4, -0.2) is 49.8 Å². The van der Waals surface area contributed by atoms with Crippen molar-refractivity contribution in [2.75, 3.05) is 27.6 Å². The molecule has 0 unspecified atom stereocenters. The Morgan fingerprint density at radius 1 is 0.804 bits per heavy atom. The standard InChI is InChI=1S/C36H34O10/c1-4-13-43-27-10-11-28(30-12-9-26(41-2)18-32(30)44-20-22-7-5-6-8-29(22)36(39)40)23(16-27)14-25(35(37)38)15-24-17-33-34(46-21-45-33)19-31(24)42-3/h5-12,14,16-19H,4,13,15,20-21H2,1-3H3,(H,37,38)(H,39,40). The van der Waals surface area contributed by atoms with Gasteiger partial charge in [0, 0.05) is 40.8 Å². The van der Waals surface area contributed by atoms with Crippen LogP contribution < -0.4 is 28.4 Å². The molecule has 0 spiro atoms. The van der Waals surface area contributed by atoms with E-state index in [1.807, 2.05) is 25.1 Å². The number of carboxylic acids is 2. The lowest BCUT2D eigenvalue weighted by Gasteiger charge is -2.17. The lowest BCUT2D eigenvalue weighted by molar-refractivity contribution is -0.132. The van der Waals surface area contributed by atoms with Gasteiger partial charge in [-0.2, -0.15) is 0 Å². The molecule has 0 saturated heterocycles. The van der Waals surface area contributed by atoms with E-state index in [1.54, 1.807) is 54.6 Å². The molecule has 0 aliphatic carbocycles. The number of fused-ring (bicyclic) bond motifs is 1. The summed E-state index contributed by atoms with van der Waals surface area (Å²) < 4.78 is 34.1. The summed E-state index contributed by atoms with van der Waals surface area (Å²) in [5, 5.41) is 20.0. The fourth-order valence-corrected chi connectivity index (χ4v) is 5.07. The van der Waals surface area contributed by atoms with E-state index in [1.165, 1.54) is 20.3 Å². The fraction of sp³-hybridized carbons (Fsp3) is 0.222. The second-order valence-electron chi connectivity index (χ2n) is 10.4. The zero-order valence-electron chi connectivity index (χ0n) is 25.7. The van der Waals surface area contributed by atoms with E-state index in [0.717, 1.165) is 6.42 Å². The van der Waals surface area contributed by atoms with Gasteiger partial charge in [-0.3, -0.25) is 0 Å². The first-order chi connectivity index (χ1) is 22.3. The summed E-state index contributed by atoms with van der Waals surface area (Å²) in [7, 11) is 3.05. The molecule has 0 aromatic heterocycles. The van der Waals surface area contributed by atoms with E-state index in [9.17, 15) is 19.8 Å². The number of ether oxygens (including phenoxy) is 6. The highest BCUT2D eigenvalue weighted by Crippen LogP contribution is 2.41. The number of carbonyl (C=O) groups is 2. The molecule has 10 nitrogen and oxygen atoms in total. The predicted molar refractivity (Wildman–Crippen MR) is 170 cm³/mol. The molecule has 0 fully saturated rings. The summed E-state index contributed by atoms with van der Waals surface area (Å²) >= 11 is 0. The first-order valence-corrected chi connectivity index (χ1v) is 14.6. The summed E-state index contributed by atoms with van der Waals surface area (Å²) in [6.45, 7) is 2.55. The van der Waals surface area contributed by atoms with E-state index in [2.05, 4.69) is 0 Å². The van der Waals surface area contributed by atoms with Gasteiger partial charge in [0.1, 0.15) is 29.6 Å². The minimum absolute atomic E-state index is 0.0181. The Labute approximate surface area is 266 Å².